The van der Waals surface area contributed by atoms with Crippen molar-refractivity contribution in [2.75, 3.05) is 16.9 Å². The van der Waals surface area contributed by atoms with E-state index in [2.05, 4.69) is 5.32 Å². The third-order valence-electron chi connectivity index (χ3n) is 2.97. The minimum Gasteiger partial charge on any atom is -0.322 e. The number of carbonyl (C=O) groups is 1. The van der Waals surface area contributed by atoms with Gasteiger partial charge in [0.25, 0.3) is 5.91 Å². The molecular weight excluding hydrogens is 366 g/mol. The van der Waals surface area contributed by atoms with Crippen molar-refractivity contribution >= 4 is 35.0 Å². The molecule has 0 bridgehead atoms. The number of halogens is 5. The molecule has 2 aromatic rings. The smallest absolute Gasteiger partial charge is 0.255 e. The third-order valence-corrected chi connectivity index (χ3v) is 4.35. The van der Waals surface area contributed by atoms with Crippen LogP contribution in [0, 0.1) is 23.3 Å². The maximum absolute atomic E-state index is 13.7. The second kappa shape index (κ2) is 8.39. The van der Waals surface area contributed by atoms with Crippen molar-refractivity contribution in [3.05, 3.63) is 59.2 Å². The highest BCUT2D eigenvalue weighted by Crippen LogP contribution is 2.25. The second-order valence-corrected chi connectivity index (χ2v) is 6.26. The van der Waals surface area contributed by atoms with Crippen LogP contribution in [0.15, 0.2) is 35.2 Å². The van der Waals surface area contributed by atoms with Gasteiger partial charge in [0, 0.05) is 34.2 Å². The Morgan fingerprint density at radius 2 is 1.71 bits per heavy atom. The lowest BCUT2D eigenvalue weighted by Gasteiger charge is -2.08. The number of nitrogens with one attached hydrogen (secondary N) is 1. The molecule has 128 valence electrons. The monoisotopic (exact) mass is 377 g/mol. The fraction of sp³-hybridized carbons (Fsp3) is 0.188. The quantitative estimate of drug-likeness (QED) is 0.246. The summed E-state index contributed by atoms with van der Waals surface area (Å²) in [6.07, 6.45) is 0.677. The third kappa shape index (κ3) is 4.64. The average molecular weight is 378 g/mol. The normalized spacial score (nSPS) is 10.7. The van der Waals surface area contributed by atoms with Crippen LogP contribution in [0.1, 0.15) is 16.8 Å². The van der Waals surface area contributed by atoms with Gasteiger partial charge in [-0.05, 0) is 30.4 Å². The van der Waals surface area contributed by atoms with E-state index in [1.165, 1.54) is 23.9 Å². The molecule has 0 saturated carbocycles. The molecule has 0 atom stereocenters. The zero-order valence-electron chi connectivity index (χ0n) is 12.2. The number of amides is 1. The standard InChI is InChI=1S/C16H12ClF4NOS/c17-4-1-5-24-14-6-9(2-3-11(14)18)16(23)22-10-7-12(19)15(21)13(20)8-10/h2-3,6-8H,1,4-5H2,(H,22,23). The van der Waals surface area contributed by atoms with Crippen molar-refractivity contribution in [3.63, 3.8) is 0 Å². The highest BCUT2D eigenvalue weighted by molar-refractivity contribution is 7.99. The van der Waals surface area contributed by atoms with Crippen LogP contribution in [0.3, 0.4) is 0 Å². The van der Waals surface area contributed by atoms with Crippen molar-refractivity contribution in [1.29, 1.82) is 0 Å². The maximum Gasteiger partial charge on any atom is 0.255 e. The molecule has 0 heterocycles. The molecule has 8 heteroatoms. The van der Waals surface area contributed by atoms with E-state index in [9.17, 15) is 22.4 Å². The molecule has 2 nitrogen and oxygen atoms in total. The SMILES string of the molecule is O=C(Nc1cc(F)c(F)c(F)c1)c1ccc(F)c(SCCCCl)c1. The highest BCUT2D eigenvalue weighted by Gasteiger charge is 2.14. The number of thioether (sulfide) groups is 1. The van der Waals surface area contributed by atoms with Gasteiger partial charge in [0.05, 0.1) is 0 Å². The van der Waals surface area contributed by atoms with Crippen LogP contribution in [-0.2, 0) is 0 Å². The lowest BCUT2D eigenvalue weighted by molar-refractivity contribution is 0.102. The molecule has 1 amide bonds. The number of alkyl halides is 1. The Labute approximate surface area is 145 Å². The molecule has 0 unspecified atom stereocenters. The van der Waals surface area contributed by atoms with Crippen LogP contribution in [0.4, 0.5) is 23.2 Å². The Morgan fingerprint density at radius 3 is 2.33 bits per heavy atom. The fourth-order valence-electron chi connectivity index (χ4n) is 1.82. The first kappa shape index (κ1) is 18.6. The van der Waals surface area contributed by atoms with Crippen molar-refractivity contribution < 1.29 is 22.4 Å². The molecular formula is C16H12ClF4NOS. The number of carbonyl (C=O) groups excluding carboxylic acids is 1. The van der Waals surface area contributed by atoms with Crippen molar-refractivity contribution in [2.45, 2.75) is 11.3 Å². The molecule has 0 aliphatic rings. The predicted octanol–water partition coefficient (Wildman–Crippen LogP) is 5.22. The molecule has 0 aliphatic heterocycles. The summed E-state index contributed by atoms with van der Waals surface area (Å²) < 4.78 is 52.9. The van der Waals surface area contributed by atoms with Gasteiger partial charge in [0.15, 0.2) is 17.5 Å². The molecule has 0 saturated heterocycles. The zero-order valence-corrected chi connectivity index (χ0v) is 13.8. The summed E-state index contributed by atoms with van der Waals surface area (Å²) >= 11 is 6.76. The molecule has 0 radical (unpaired) electrons. The van der Waals surface area contributed by atoms with E-state index < -0.39 is 29.2 Å². The van der Waals surface area contributed by atoms with Crippen molar-refractivity contribution in [2.24, 2.45) is 0 Å². The van der Waals surface area contributed by atoms with Gasteiger partial charge in [-0.2, -0.15) is 0 Å². The molecule has 1 N–H and O–H groups in total. The molecule has 2 aromatic carbocycles. The molecule has 0 aliphatic carbocycles. The summed E-state index contributed by atoms with van der Waals surface area (Å²) in [7, 11) is 0. The van der Waals surface area contributed by atoms with Gasteiger partial charge in [0.1, 0.15) is 5.82 Å². The summed E-state index contributed by atoms with van der Waals surface area (Å²) in [4.78, 5) is 12.4. The van der Waals surface area contributed by atoms with Crippen LogP contribution in [0.2, 0.25) is 0 Å². The summed E-state index contributed by atoms with van der Waals surface area (Å²) in [5, 5.41) is 2.24. The molecule has 0 aromatic heterocycles. The van der Waals surface area contributed by atoms with Crippen LogP contribution < -0.4 is 5.32 Å². The minimum absolute atomic E-state index is 0.106. The van der Waals surface area contributed by atoms with E-state index in [4.69, 9.17) is 11.6 Å². The summed E-state index contributed by atoms with van der Waals surface area (Å²) in [5.74, 6) is -4.60. The summed E-state index contributed by atoms with van der Waals surface area (Å²) in [5.41, 5.74) is -0.132. The van der Waals surface area contributed by atoms with Crippen molar-refractivity contribution in [3.8, 4) is 0 Å². The van der Waals surface area contributed by atoms with Gasteiger partial charge in [-0.1, -0.05) is 0 Å². The zero-order chi connectivity index (χ0) is 17.7. The number of benzene rings is 2. The van der Waals surface area contributed by atoms with E-state index >= 15 is 0 Å². The Kier molecular flexibility index (Phi) is 6.51. The van der Waals surface area contributed by atoms with Gasteiger partial charge in [0.2, 0.25) is 0 Å². The summed E-state index contributed by atoms with van der Waals surface area (Å²) in [6, 6.07) is 5.03. The first-order valence-corrected chi connectivity index (χ1v) is 8.38. The number of hydrogen-bond donors (Lipinski definition) is 1. The lowest BCUT2D eigenvalue weighted by atomic mass is 10.2. The first-order valence-electron chi connectivity index (χ1n) is 6.86. The van der Waals surface area contributed by atoms with E-state index in [1.807, 2.05) is 0 Å². The fourth-order valence-corrected chi connectivity index (χ4v) is 3.04. The lowest BCUT2D eigenvalue weighted by Crippen LogP contribution is -2.13. The van der Waals surface area contributed by atoms with Crippen LogP contribution in [-0.4, -0.2) is 17.5 Å². The van der Waals surface area contributed by atoms with Gasteiger partial charge >= 0.3 is 0 Å². The number of rotatable bonds is 6. The van der Waals surface area contributed by atoms with E-state index in [0.29, 0.717) is 30.2 Å². The Balaban J connectivity index is 2.16. The van der Waals surface area contributed by atoms with Gasteiger partial charge < -0.3 is 5.32 Å². The van der Waals surface area contributed by atoms with E-state index in [0.717, 1.165) is 6.07 Å². The van der Waals surface area contributed by atoms with Crippen LogP contribution in [0.5, 0.6) is 0 Å². The van der Waals surface area contributed by atoms with Gasteiger partial charge in [-0.3, -0.25) is 4.79 Å². The van der Waals surface area contributed by atoms with Crippen molar-refractivity contribution in [1.82, 2.24) is 0 Å². The number of anilines is 1. The molecule has 0 fully saturated rings. The molecule has 24 heavy (non-hydrogen) atoms. The van der Waals surface area contributed by atoms with Crippen LogP contribution in [0.25, 0.3) is 0 Å². The Bertz CT molecular complexity index is 734. The Morgan fingerprint density at radius 1 is 1.04 bits per heavy atom. The number of hydrogen-bond acceptors (Lipinski definition) is 2. The first-order chi connectivity index (χ1) is 11.4. The topological polar surface area (TPSA) is 29.1 Å². The molecule has 0 spiro atoms. The molecule has 2 rings (SSSR count). The second-order valence-electron chi connectivity index (χ2n) is 4.74. The average Bonchev–Trinajstić information content (AvgIpc) is 2.54. The van der Waals surface area contributed by atoms with Gasteiger partial charge in [-0.15, -0.1) is 23.4 Å². The predicted molar refractivity (Wildman–Crippen MR) is 86.7 cm³/mol. The van der Waals surface area contributed by atoms with Gasteiger partial charge in [-0.25, -0.2) is 17.6 Å². The van der Waals surface area contributed by atoms with Crippen LogP contribution >= 0.6 is 23.4 Å². The summed E-state index contributed by atoms with van der Waals surface area (Å²) in [6.45, 7) is 0. The van der Waals surface area contributed by atoms with E-state index in [1.54, 1.807) is 0 Å². The van der Waals surface area contributed by atoms with E-state index in [-0.39, 0.29) is 16.1 Å². The minimum atomic E-state index is -1.62. The maximum atomic E-state index is 13.7. The largest absolute Gasteiger partial charge is 0.322 e. The highest BCUT2D eigenvalue weighted by atomic mass is 35.5. The Hall–Kier alpha value is -1.73.